The predicted octanol–water partition coefficient (Wildman–Crippen LogP) is 2.28. The highest BCUT2D eigenvalue weighted by Gasteiger charge is 2.20. The summed E-state index contributed by atoms with van der Waals surface area (Å²) in [6.45, 7) is 7.32. The Kier molecular flexibility index (Phi) is 4.72. The van der Waals surface area contributed by atoms with Gasteiger partial charge in [-0.1, -0.05) is 6.92 Å². The molecule has 0 bridgehead atoms. The molecule has 1 aromatic rings. The molecule has 2 aliphatic heterocycles. The molecule has 1 N–H and O–H groups in total. The van der Waals surface area contributed by atoms with Crippen LogP contribution in [0.4, 0.5) is 17.8 Å². The number of hydrogen-bond acceptors (Lipinski definition) is 6. The normalized spacial score (nSPS) is 19.1. The molecule has 3 rings (SSSR count). The van der Waals surface area contributed by atoms with Crippen LogP contribution in [0.1, 0.15) is 45.4 Å². The average Bonchev–Trinajstić information content (AvgIpc) is 3.08. The van der Waals surface area contributed by atoms with Gasteiger partial charge in [0.25, 0.3) is 0 Å². The molecule has 0 spiro atoms. The van der Waals surface area contributed by atoms with E-state index in [4.69, 9.17) is 4.98 Å². The molecule has 116 valence electrons. The Morgan fingerprint density at radius 2 is 1.33 bits per heavy atom. The molecular weight excluding hydrogens is 264 g/mol. The minimum absolute atomic E-state index is 0.731. The number of nitrogens with zero attached hydrogens (tertiary/aromatic N) is 5. The smallest absolute Gasteiger partial charge is 0.231 e. The van der Waals surface area contributed by atoms with Crippen molar-refractivity contribution in [1.29, 1.82) is 0 Å². The van der Waals surface area contributed by atoms with Crippen LogP contribution < -0.4 is 15.1 Å². The lowest BCUT2D eigenvalue weighted by Gasteiger charge is -2.27. The summed E-state index contributed by atoms with van der Waals surface area (Å²) in [5.74, 6) is 2.43. The molecule has 0 atom stereocenters. The van der Waals surface area contributed by atoms with Crippen LogP contribution in [0, 0.1) is 0 Å². The monoisotopic (exact) mass is 290 g/mol. The molecule has 6 nitrogen and oxygen atoms in total. The van der Waals surface area contributed by atoms with Crippen molar-refractivity contribution in [3.05, 3.63) is 0 Å². The lowest BCUT2D eigenvalue weighted by Crippen LogP contribution is -2.32. The fraction of sp³-hybridized carbons (Fsp3) is 0.800. The van der Waals surface area contributed by atoms with E-state index in [1.54, 1.807) is 0 Å². The average molecular weight is 290 g/mol. The second kappa shape index (κ2) is 6.91. The number of anilines is 3. The molecule has 2 fully saturated rings. The minimum atomic E-state index is 0.731. The largest absolute Gasteiger partial charge is 0.354 e. The topological polar surface area (TPSA) is 57.2 Å². The lowest BCUT2D eigenvalue weighted by molar-refractivity contribution is 0.567. The van der Waals surface area contributed by atoms with E-state index in [1.807, 2.05) is 0 Å². The van der Waals surface area contributed by atoms with Crippen LogP contribution in [0.2, 0.25) is 0 Å². The summed E-state index contributed by atoms with van der Waals surface area (Å²) in [7, 11) is 0. The second-order valence-corrected chi connectivity index (χ2v) is 5.93. The number of aromatic nitrogens is 3. The van der Waals surface area contributed by atoms with E-state index in [0.29, 0.717) is 0 Å². The van der Waals surface area contributed by atoms with Crippen molar-refractivity contribution >= 4 is 17.8 Å². The molecule has 6 heteroatoms. The maximum absolute atomic E-state index is 4.74. The Hall–Kier alpha value is -1.59. The zero-order valence-electron chi connectivity index (χ0n) is 13.0. The molecule has 21 heavy (non-hydrogen) atoms. The molecule has 0 aliphatic carbocycles. The van der Waals surface area contributed by atoms with Crippen LogP contribution in [0.5, 0.6) is 0 Å². The van der Waals surface area contributed by atoms with Gasteiger partial charge in [0.1, 0.15) is 0 Å². The summed E-state index contributed by atoms with van der Waals surface area (Å²) in [4.78, 5) is 18.6. The van der Waals surface area contributed by atoms with E-state index >= 15 is 0 Å². The van der Waals surface area contributed by atoms with Crippen molar-refractivity contribution in [3.8, 4) is 0 Å². The summed E-state index contributed by atoms with van der Waals surface area (Å²) >= 11 is 0. The molecule has 1 aromatic heterocycles. The van der Waals surface area contributed by atoms with E-state index in [2.05, 4.69) is 32.0 Å². The van der Waals surface area contributed by atoms with Gasteiger partial charge in [0.2, 0.25) is 17.8 Å². The zero-order chi connectivity index (χ0) is 14.5. The Balaban J connectivity index is 1.84. The van der Waals surface area contributed by atoms with Gasteiger partial charge in [-0.3, -0.25) is 0 Å². The van der Waals surface area contributed by atoms with Gasteiger partial charge < -0.3 is 15.1 Å². The van der Waals surface area contributed by atoms with Crippen LogP contribution in [0.3, 0.4) is 0 Å². The SMILES string of the molecule is CCCNc1nc(N2CCCCC2)nc(N2CCCC2)n1. The summed E-state index contributed by atoms with van der Waals surface area (Å²) < 4.78 is 0. The van der Waals surface area contributed by atoms with Gasteiger partial charge in [-0.05, 0) is 38.5 Å². The fourth-order valence-corrected chi connectivity index (χ4v) is 2.96. The third-order valence-corrected chi connectivity index (χ3v) is 4.17. The minimum Gasteiger partial charge on any atom is -0.354 e. The number of rotatable bonds is 5. The molecule has 0 aromatic carbocycles. The fourth-order valence-electron chi connectivity index (χ4n) is 2.96. The first-order chi connectivity index (χ1) is 10.4. The van der Waals surface area contributed by atoms with Crippen molar-refractivity contribution in [2.45, 2.75) is 45.4 Å². The Labute approximate surface area is 127 Å². The number of nitrogens with one attached hydrogen (secondary N) is 1. The first-order valence-electron chi connectivity index (χ1n) is 8.36. The van der Waals surface area contributed by atoms with Crippen molar-refractivity contribution in [3.63, 3.8) is 0 Å². The summed E-state index contributed by atoms with van der Waals surface area (Å²) in [5.41, 5.74) is 0. The van der Waals surface area contributed by atoms with Crippen LogP contribution in [-0.2, 0) is 0 Å². The maximum atomic E-state index is 4.74. The van der Waals surface area contributed by atoms with Gasteiger partial charge in [-0.2, -0.15) is 15.0 Å². The van der Waals surface area contributed by atoms with Crippen molar-refractivity contribution in [2.75, 3.05) is 47.8 Å². The second-order valence-electron chi connectivity index (χ2n) is 5.93. The Morgan fingerprint density at radius 3 is 1.86 bits per heavy atom. The van der Waals surface area contributed by atoms with E-state index in [-0.39, 0.29) is 0 Å². The maximum Gasteiger partial charge on any atom is 0.231 e. The quantitative estimate of drug-likeness (QED) is 0.898. The van der Waals surface area contributed by atoms with Gasteiger partial charge in [-0.25, -0.2) is 0 Å². The molecule has 3 heterocycles. The zero-order valence-corrected chi connectivity index (χ0v) is 13.0. The van der Waals surface area contributed by atoms with Gasteiger partial charge in [0.15, 0.2) is 0 Å². The van der Waals surface area contributed by atoms with Crippen LogP contribution in [0.25, 0.3) is 0 Å². The molecule has 0 radical (unpaired) electrons. The standard InChI is InChI=1S/C15H26N6/c1-2-8-16-13-17-14(20-9-4-3-5-10-20)19-15(18-13)21-11-6-7-12-21/h2-12H2,1H3,(H,16,17,18,19). The number of piperidine rings is 1. The van der Waals surface area contributed by atoms with E-state index in [0.717, 1.165) is 57.0 Å². The van der Waals surface area contributed by atoms with Crippen molar-refractivity contribution in [1.82, 2.24) is 15.0 Å². The van der Waals surface area contributed by atoms with E-state index in [9.17, 15) is 0 Å². The first-order valence-corrected chi connectivity index (χ1v) is 8.36. The highest BCUT2D eigenvalue weighted by Crippen LogP contribution is 2.22. The molecular formula is C15H26N6. The van der Waals surface area contributed by atoms with Gasteiger partial charge in [0.05, 0.1) is 0 Å². The Morgan fingerprint density at radius 1 is 0.810 bits per heavy atom. The summed E-state index contributed by atoms with van der Waals surface area (Å²) in [5, 5.41) is 3.32. The van der Waals surface area contributed by atoms with Crippen molar-refractivity contribution < 1.29 is 0 Å². The molecule has 2 aliphatic rings. The summed E-state index contributed by atoms with van der Waals surface area (Å²) in [6, 6.07) is 0. The molecule has 0 unspecified atom stereocenters. The molecule has 0 amide bonds. The van der Waals surface area contributed by atoms with Crippen LogP contribution in [-0.4, -0.2) is 47.7 Å². The van der Waals surface area contributed by atoms with Crippen LogP contribution in [0.15, 0.2) is 0 Å². The van der Waals surface area contributed by atoms with Gasteiger partial charge in [-0.15, -0.1) is 0 Å². The van der Waals surface area contributed by atoms with E-state index in [1.165, 1.54) is 32.1 Å². The summed E-state index contributed by atoms with van der Waals surface area (Å²) in [6.07, 6.45) is 7.35. The van der Waals surface area contributed by atoms with Crippen molar-refractivity contribution in [2.24, 2.45) is 0 Å². The van der Waals surface area contributed by atoms with Gasteiger partial charge in [0, 0.05) is 32.7 Å². The Bertz CT molecular complexity index is 451. The molecule has 0 saturated carbocycles. The third kappa shape index (κ3) is 3.54. The highest BCUT2D eigenvalue weighted by molar-refractivity contribution is 5.45. The van der Waals surface area contributed by atoms with Gasteiger partial charge >= 0.3 is 0 Å². The lowest BCUT2D eigenvalue weighted by atomic mass is 10.1. The first kappa shape index (κ1) is 14.4. The number of hydrogen-bond donors (Lipinski definition) is 1. The molecule has 2 saturated heterocycles. The van der Waals surface area contributed by atoms with E-state index < -0.39 is 0 Å². The predicted molar refractivity (Wildman–Crippen MR) is 86.1 cm³/mol. The third-order valence-electron chi connectivity index (χ3n) is 4.17. The highest BCUT2D eigenvalue weighted by atomic mass is 15.4. The van der Waals surface area contributed by atoms with Crippen LogP contribution >= 0.6 is 0 Å².